The van der Waals surface area contributed by atoms with E-state index in [2.05, 4.69) is 18.7 Å². The first-order valence-electron chi connectivity index (χ1n) is 6.89. The minimum atomic E-state index is -0.228. The molecule has 0 spiro atoms. The van der Waals surface area contributed by atoms with E-state index in [0.717, 1.165) is 19.4 Å². The van der Waals surface area contributed by atoms with Crippen LogP contribution in [0.15, 0.2) is 18.2 Å². The topological polar surface area (TPSA) is 38.5 Å². The van der Waals surface area contributed by atoms with E-state index < -0.39 is 0 Å². The van der Waals surface area contributed by atoms with Gasteiger partial charge in [-0.15, -0.1) is 0 Å². The second-order valence-electron chi connectivity index (χ2n) is 4.74. The van der Waals surface area contributed by atoms with Crippen LogP contribution in [0, 0.1) is 5.82 Å². The van der Waals surface area contributed by atoms with E-state index in [-0.39, 0.29) is 5.82 Å². The molecule has 0 unspecified atom stereocenters. The molecule has 1 rings (SSSR count). The first-order chi connectivity index (χ1) is 9.13. The predicted octanol–water partition coefficient (Wildman–Crippen LogP) is 3.04. The molecule has 0 saturated heterocycles. The maximum absolute atomic E-state index is 13.9. The SMILES string of the molecule is CCC(CC)N(CCOC)Cc1c(N)cccc1F. The van der Waals surface area contributed by atoms with E-state index in [1.165, 1.54) is 6.07 Å². The van der Waals surface area contributed by atoms with E-state index in [1.807, 2.05) is 0 Å². The van der Waals surface area contributed by atoms with Crippen molar-refractivity contribution < 1.29 is 9.13 Å². The van der Waals surface area contributed by atoms with Crippen LogP contribution in [-0.4, -0.2) is 31.2 Å². The fourth-order valence-electron chi connectivity index (χ4n) is 2.35. The number of nitrogen functional groups attached to an aromatic ring is 1. The third kappa shape index (κ3) is 4.48. The zero-order valence-corrected chi connectivity index (χ0v) is 12.2. The highest BCUT2D eigenvalue weighted by Crippen LogP contribution is 2.20. The minimum absolute atomic E-state index is 0.228. The van der Waals surface area contributed by atoms with Crippen molar-refractivity contribution in [2.45, 2.75) is 39.3 Å². The Morgan fingerprint density at radius 2 is 2.00 bits per heavy atom. The van der Waals surface area contributed by atoms with Gasteiger partial charge in [0.25, 0.3) is 0 Å². The molecule has 19 heavy (non-hydrogen) atoms. The van der Waals surface area contributed by atoms with E-state index >= 15 is 0 Å². The number of methoxy groups -OCH3 is 1. The van der Waals surface area contributed by atoms with Crippen LogP contribution in [-0.2, 0) is 11.3 Å². The summed E-state index contributed by atoms with van der Waals surface area (Å²) in [5, 5.41) is 0. The lowest BCUT2D eigenvalue weighted by Gasteiger charge is -2.30. The normalized spacial score (nSPS) is 11.5. The van der Waals surface area contributed by atoms with Crippen molar-refractivity contribution in [3.05, 3.63) is 29.6 Å². The predicted molar refractivity (Wildman–Crippen MR) is 77.5 cm³/mol. The number of hydrogen-bond acceptors (Lipinski definition) is 3. The van der Waals surface area contributed by atoms with Crippen molar-refractivity contribution in [2.24, 2.45) is 0 Å². The van der Waals surface area contributed by atoms with E-state index in [9.17, 15) is 4.39 Å². The van der Waals surface area contributed by atoms with Gasteiger partial charge in [0.05, 0.1) is 6.61 Å². The monoisotopic (exact) mass is 268 g/mol. The molecular formula is C15H25FN2O. The Morgan fingerprint density at radius 3 is 2.53 bits per heavy atom. The summed E-state index contributed by atoms with van der Waals surface area (Å²) in [5.41, 5.74) is 6.99. The Morgan fingerprint density at radius 1 is 1.32 bits per heavy atom. The molecule has 0 heterocycles. The zero-order chi connectivity index (χ0) is 14.3. The third-order valence-corrected chi connectivity index (χ3v) is 3.56. The van der Waals surface area contributed by atoms with Crippen LogP contribution in [0.25, 0.3) is 0 Å². The number of anilines is 1. The second-order valence-corrected chi connectivity index (χ2v) is 4.74. The van der Waals surface area contributed by atoms with Gasteiger partial charge in [-0.1, -0.05) is 19.9 Å². The summed E-state index contributed by atoms with van der Waals surface area (Å²) in [5.74, 6) is -0.228. The second kappa shape index (κ2) is 8.12. The van der Waals surface area contributed by atoms with Crippen molar-refractivity contribution in [1.29, 1.82) is 0 Å². The van der Waals surface area contributed by atoms with Crippen LogP contribution in [0.2, 0.25) is 0 Å². The molecule has 0 aromatic heterocycles. The van der Waals surface area contributed by atoms with Gasteiger partial charge in [0.1, 0.15) is 5.82 Å². The van der Waals surface area contributed by atoms with Gasteiger partial charge in [0.15, 0.2) is 0 Å². The highest BCUT2D eigenvalue weighted by atomic mass is 19.1. The van der Waals surface area contributed by atoms with Gasteiger partial charge in [-0.2, -0.15) is 0 Å². The summed E-state index contributed by atoms with van der Waals surface area (Å²) in [6.45, 7) is 6.27. The Labute approximate surface area is 115 Å². The summed E-state index contributed by atoms with van der Waals surface area (Å²) in [6, 6.07) is 5.28. The molecule has 3 nitrogen and oxygen atoms in total. The van der Waals surface area contributed by atoms with Gasteiger partial charge in [-0.05, 0) is 25.0 Å². The fraction of sp³-hybridized carbons (Fsp3) is 0.600. The van der Waals surface area contributed by atoms with E-state index in [1.54, 1.807) is 19.2 Å². The van der Waals surface area contributed by atoms with Gasteiger partial charge < -0.3 is 10.5 Å². The molecule has 2 N–H and O–H groups in total. The van der Waals surface area contributed by atoms with Crippen molar-refractivity contribution in [2.75, 3.05) is 26.0 Å². The van der Waals surface area contributed by atoms with E-state index in [4.69, 9.17) is 10.5 Å². The highest BCUT2D eigenvalue weighted by molar-refractivity contribution is 5.47. The van der Waals surface area contributed by atoms with Crippen LogP contribution in [0.4, 0.5) is 10.1 Å². The number of benzene rings is 1. The van der Waals surface area contributed by atoms with Crippen LogP contribution in [0.3, 0.4) is 0 Å². The van der Waals surface area contributed by atoms with Gasteiger partial charge in [-0.3, -0.25) is 4.90 Å². The summed E-state index contributed by atoms with van der Waals surface area (Å²) in [6.07, 6.45) is 2.07. The molecule has 0 amide bonds. The highest BCUT2D eigenvalue weighted by Gasteiger charge is 2.18. The number of nitrogens with two attached hydrogens (primary N) is 1. The smallest absolute Gasteiger partial charge is 0.129 e. The molecule has 0 fully saturated rings. The molecule has 0 atom stereocenters. The van der Waals surface area contributed by atoms with Crippen molar-refractivity contribution >= 4 is 5.69 Å². The molecule has 0 saturated carbocycles. The molecule has 4 heteroatoms. The van der Waals surface area contributed by atoms with Crippen LogP contribution in [0.5, 0.6) is 0 Å². The molecule has 0 bridgehead atoms. The van der Waals surface area contributed by atoms with Crippen molar-refractivity contribution in [1.82, 2.24) is 4.90 Å². The minimum Gasteiger partial charge on any atom is -0.398 e. The van der Waals surface area contributed by atoms with Gasteiger partial charge in [0, 0.05) is 37.5 Å². The first-order valence-corrected chi connectivity index (χ1v) is 6.89. The Kier molecular flexibility index (Phi) is 6.81. The Bertz CT molecular complexity index is 360. The average molecular weight is 268 g/mol. The van der Waals surface area contributed by atoms with Crippen LogP contribution < -0.4 is 5.73 Å². The van der Waals surface area contributed by atoms with Gasteiger partial charge in [0.2, 0.25) is 0 Å². The fourth-order valence-corrected chi connectivity index (χ4v) is 2.35. The number of nitrogens with zero attached hydrogens (tertiary/aromatic N) is 1. The molecule has 0 aliphatic rings. The van der Waals surface area contributed by atoms with E-state index in [0.29, 0.717) is 30.4 Å². The quantitative estimate of drug-likeness (QED) is 0.736. The van der Waals surface area contributed by atoms with Gasteiger partial charge in [-0.25, -0.2) is 4.39 Å². The number of ether oxygens (including phenoxy) is 1. The largest absolute Gasteiger partial charge is 0.398 e. The molecule has 0 radical (unpaired) electrons. The summed E-state index contributed by atoms with van der Waals surface area (Å²) in [4.78, 5) is 2.25. The molecule has 0 aliphatic heterocycles. The maximum atomic E-state index is 13.9. The number of rotatable bonds is 8. The van der Waals surface area contributed by atoms with Crippen LogP contribution >= 0.6 is 0 Å². The molecule has 0 aliphatic carbocycles. The Hall–Kier alpha value is -1.13. The molecule has 1 aromatic carbocycles. The summed E-state index contributed by atoms with van der Waals surface area (Å²) in [7, 11) is 1.68. The van der Waals surface area contributed by atoms with Gasteiger partial charge >= 0.3 is 0 Å². The van der Waals surface area contributed by atoms with Crippen molar-refractivity contribution in [3.8, 4) is 0 Å². The zero-order valence-electron chi connectivity index (χ0n) is 12.2. The number of hydrogen-bond donors (Lipinski definition) is 1. The standard InChI is InChI=1S/C15H25FN2O/c1-4-12(5-2)18(9-10-19-3)11-13-14(16)7-6-8-15(13)17/h6-8,12H,4-5,9-11,17H2,1-3H3. The first kappa shape index (κ1) is 15.9. The lowest BCUT2D eigenvalue weighted by atomic mass is 10.1. The molecule has 1 aromatic rings. The van der Waals surface area contributed by atoms with Crippen molar-refractivity contribution in [3.63, 3.8) is 0 Å². The lowest BCUT2D eigenvalue weighted by Crippen LogP contribution is -2.37. The molecule has 108 valence electrons. The maximum Gasteiger partial charge on any atom is 0.129 e. The summed E-state index contributed by atoms with van der Waals surface area (Å²) >= 11 is 0. The van der Waals surface area contributed by atoms with Crippen LogP contribution in [0.1, 0.15) is 32.3 Å². The summed E-state index contributed by atoms with van der Waals surface area (Å²) < 4.78 is 19.0. The Balaban J connectivity index is 2.86. The number of halogens is 1. The third-order valence-electron chi connectivity index (χ3n) is 3.56. The lowest BCUT2D eigenvalue weighted by molar-refractivity contribution is 0.109. The average Bonchev–Trinajstić information content (AvgIpc) is 2.40. The molecular weight excluding hydrogens is 243 g/mol.